The van der Waals surface area contributed by atoms with Crippen LogP contribution in [0.25, 0.3) is 0 Å². The van der Waals surface area contributed by atoms with E-state index in [4.69, 9.17) is 0 Å². The summed E-state index contributed by atoms with van der Waals surface area (Å²) in [5.74, 6) is 1.82. The molecule has 0 N–H and O–H groups in total. The first-order chi connectivity index (χ1) is 6.86. The summed E-state index contributed by atoms with van der Waals surface area (Å²) in [6.45, 7) is 0. The van der Waals surface area contributed by atoms with Gasteiger partial charge in [0, 0.05) is 0 Å². The fourth-order valence-corrected chi connectivity index (χ4v) is 3.33. The number of rotatable bonds is 1. The van der Waals surface area contributed by atoms with Crippen molar-refractivity contribution in [3.8, 4) is 0 Å². The van der Waals surface area contributed by atoms with Crippen LogP contribution in [0.2, 0.25) is 0 Å². The summed E-state index contributed by atoms with van der Waals surface area (Å²) in [4.78, 5) is 0. The molecule has 0 heterocycles. The molecule has 0 aromatic heterocycles. The SMILES string of the molecule is FC1CCC(C2CCCCCC2)CC1. The van der Waals surface area contributed by atoms with E-state index in [1.807, 2.05) is 0 Å². The zero-order chi connectivity index (χ0) is 9.80. The minimum absolute atomic E-state index is 0.475. The molecule has 0 aliphatic heterocycles. The van der Waals surface area contributed by atoms with Gasteiger partial charge < -0.3 is 0 Å². The summed E-state index contributed by atoms with van der Waals surface area (Å²) in [6, 6.07) is 0. The van der Waals surface area contributed by atoms with Gasteiger partial charge in [-0.1, -0.05) is 38.5 Å². The summed E-state index contributed by atoms with van der Waals surface area (Å²) in [5.41, 5.74) is 0. The van der Waals surface area contributed by atoms with Crippen LogP contribution >= 0.6 is 0 Å². The molecule has 2 aliphatic rings. The summed E-state index contributed by atoms with van der Waals surface area (Å²) in [6.07, 6.45) is 12.2. The lowest BCUT2D eigenvalue weighted by atomic mass is 9.76. The van der Waals surface area contributed by atoms with Crippen LogP contribution in [0.15, 0.2) is 0 Å². The number of hydrogen-bond acceptors (Lipinski definition) is 0. The van der Waals surface area contributed by atoms with Gasteiger partial charge in [0.25, 0.3) is 0 Å². The maximum absolute atomic E-state index is 13.0. The molecule has 0 nitrogen and oxygen atoms in total. The molecule has 82 valence electrons. The highest BCUT2D eigenvalue weighted by Crippen LogP contribution is 2.38. The molecular formula is C13H23F. The minimum atomic E-state index is -0.475. The molecule has 2 saturated carbocycles. The number of alkyl halides is 1. The van der Waals surface area contributed by atoms with E-state index >= 15 is 0 Å². The van der Waals surface area contributed by atoms with Crippen molar-refractivity contribution < 1.29 is 4.39 Å². The van der Waals surface area contributed by atoms with Crippen molar-refractivity contribution in [3.63, 3.8) is 0 Å². The molecule has 0 unspecified atom stereocenters. The standard InChI is InChI=1S/C13H23F/c14-13-9-7-12(8-10-13)11-5-3-1-2-4-6-11/h11-13H,1-10H2. The Hall–Kier alpha value is -0.0700. The Morgan fingerprint density at radius 3 is 1.64 bits per heavy atom. The fraction of sp³-hybridized carbons (Fsp3) is 1.00. The first-order valence-corrected chi connectivity index (χ1v) is 6.50. The molecule has 0 spiro atoms. The second-order valence-electron chi connectivity index (χ2n) is 5.26. The Morgan fingerprint density at radius 1 is 0.571 bits per heavy atom. The van der Waals surface area contributed by atoms with Gasteiger partial charge in [0.1, 0.15) is 6.17 Å². The van der Waals surface area contributed by atoms with Crippen LogP contribution in [-0.4, -0.2) is 6.17 Å². The molecule has 0 bridgehead atoms. The normalized spacial score (nSPS) is 36.6. The maximum Gasteiger partial charge on any atom is 0.100 e. The number of halogens is 1. The molecule has 2 rings (SSSR count). The lowest BCUT2D eigenvalue weighted by Gasteiger charge is -2.30. The van der Waals surface area contributed by atoms with Crippen LogP contribution in [0.1, 0.15) is 64.2 Å². The van der Waals surface area contributed by atoms with Crippen molar-refractivity contribution in [1.82, 2.24) is 0 Å². The smallest absolute Gasteiger partial charge is 0.100 e. The second kappa shape index (κ2) is 5.14. The molecule has 0 radical (unpaired) electrons. The third kappa shape index (κ3) is 2.71. The van der Waals surface area contributed by atoms with Crippen LogP contribution in [0.4, 0.5) is 4.39 Å². The molecule has 0 aromatic rings. The van der Waals surface area contributed by atoms with E-state index in [1.54, 1.807) is 0 Å². The van der Waals surface area contributed by atoms with Gasteiger partial charge in [-0.3, -0.25) is 0 Å². The van der Waals surface area contributed by atoms with E-state index in [0.717, 1.165) is 24.7 Å². The third-order valence-corrected chi connectivity index (χ3v) is 4.27. The highest BCUT2D eigenvalue weighted by molar-refractivity contribution is 4.78. The molecular weight excluding hydrogens is 175 g/mol. The Kier molecular flexibility index (Phi) is 3.83. The summed E-state index contributed by atoms with van der Waals surface area (Å²) in [7, 11) is 0. The molecule has 14 heavy (non-hydrogen) atoms. The fourth-order valence-electron chi connectivity index (χ4n) is 3.33. The average molecular weight is 198 g/mol. The van der Waals surface area contributed by atoms with E-state index in [2.05, 4.69) is 0 Å². The third-order valence-electron chi connectivity index (χ3n) is 4.27. The topological polar surface area (TPSA) is 0 Å². The predicted octanol–water partition coefficient (Wildman–Crippen LogP) is 4.49. The summed E-state index contributed by atoms with van der Waals surface area (Å²) >= 11 is 0. The highest BCUT2D eigenvalue weighted by Gasteiger charge is 2.27. The quantitative estimate of drug-likeness (QED) is 0.545. The predicted molar refractivity (Wildman–Crippen MR) is 58.0 cm³/mol. The van der Waals surface area contributed by atoms with Crippen LogP contribution in [0.5, 0.6) is 0 Å². The van der Waals surface area contributed by atoms with Gasteiger partial charge in [-0.2, -0.15) is 0 Å². The monoisotopic (exact) mass is 198 g/mol. The summed E-state index contributed by atoms with van der Waals surface area (Å²) < 4.78 is 13.0. The van der Waals surface area contributed by atoms with Gasteiger partial charge in [-0.15, -0.1) is 0 Å². The lowest BCUT2D eigenvalue weighted by molar-refractivity contribution is 0.157. The van der Waals surface area contributed by atoms with Gasteiger partial charge in [0.05, 0.1) is 0 Å². The van der Waals surface area contributed by atoms with Crippen LogP contribution in [-0.2, 0) is 0 Å². The van der Waals surface area contributed by atoms with Crippen LogP contribution in [0, 0.1) is 11.8 Å². The molecule has 1 heteroatoms. The van der Waals surface area contributed by atoms with Gasteiger partial charge >= 0.3 is 0 Å². The Morgan fingerprint density at radius 2 is 1.07 bits per heavy atom. The van der Waals surface area contributed by atoms with Crippen molar-refractivity contribution in [2.75, 3.05) is 0 Å². The lowest BCUT2D eigenvalue weighted by Crippen LogP contribution is -2.22. The zero-order valence-electron chi connectivity index (χ0n) is 9.18. The Balaban J connectivity index is 1.81. The van der Waals surface area contributed by atoms with Crippen LogP contribution < -0.4 is 0 Å². The van der Waals surface area contributed by atoms with E-state index in [0.29, 0.717) is 0 Å². The minimum Gasteiger partial charge on any atom is -0.247 e. The molecule has 0 amide bonds. The highest BCUT2D eigenvalue weighted by atomic mass is 19.1. The maximum atomic E-state index is 13.0. The van der Waals surface area contributed by atoms with E-state index in [9.17, 15) is 4.39 Å². The average Bonchev–Trinajstić information content (AvgIpc) is 2.47. The molecule has 0 saturated heterocycles. The van der Waals surface area contributed by atoms with Gasteiger partial charge in [0.2, 0.25) is 0 Å². The molecule has 0 atom stereocenters. The van der Waals surface area contributed by atoms with E-state index in [1.165, 1.54) is 51.4 Å². The van der Waals surface area contributed by atoms with E-state index in [-0.39, 0.29) is 0 Å². The molecule has 0 aromatic carbocycles. The van der Waals surface area contributed by atoms with Crippen molar-refractivity contribution in [3.05, 3.63) is 0 Å². The van der Waals surface area contributed by atoms with Crippen molar-refractivity contribution in [2.45, 2.75) is 70.4 Å². The largest absolute Gasteiger partial charge is 0.247 e. The van der Waals surface area contributed by atoms with Crippen molar-refractivity contribution in [2.24, 2.45) is 11.8 Å². The Bertz CT molecular complexity index is 151. The molecule has 2 aliphatic carbocycles. The second-order valence-corrected chi connectivity index (χ2v) is 5.26. The van der Waals surface area contributed by atoms with E-state index < -0.39 is 6.17 Å². The van der Waals surface area contributed by atoms with Crippen molar-refractivity contribution >= 4 is 0 Å². The van der Waals surface area contributed by atoms with Crippen molar-refractivity contribution in [1.29, 1.82) is 0 Å². The van der Waals surface area contributed by atoms with Gasteiger partial charge in [-0.05, 0) is 37.5 Å². The first kappa shape index (κ1) is 10.4. The first-order valence-electron chi connectivity index (χ1n) is 6.50. The zero-order valence-corrected chi connectivity index (χ0v) is 9.18. The Labute approximate surface area is 87.3 Å². The molecule has 2 fully saturated rings. The van der Waals surface area contributed by atoms with Gasteiger partial charge in [0.15, 0.2) is 0 Å². The summed E-state index contributed by atoms with van der Waals surface area (Å²) in [5, 5.41) is 0. The van der Waals surface area contributed by atoms with Gasteiger partial charge in [-0.25, -0.2) is 4.39 Å². The number of hydrogen-bond donors (Lipinski definition) is 0. The van der Waals surface area contributed by atoms with Crippen LogP contribution in [0.3, 0.4) is 0 Å².